The Morgan fingerprint density at radius 2 is 1.67 bits per heavy atom. The number of hydrogen-bond donors (Lipinski definition) is 1. The number of carbonyl (C=O) groups is 1. The molecule has 5 rings (SSSR count). The molecule has 0 atom stereocenters. The van der Waals surface area contributed by atoms with Crippen LogP contribution in [0.3, 0.4) is 0 Å². The van der Waals surface area contributed by atoms with Gasteiger partial charge in [0.1, 0.15) is 12.2 Å². The largest absolute Gasteiger partial charge is 0.353 e. The Balaban J connectivity index is 1.36. The van der Waals surface area contributed by atoms with Crippen molar-refractivity contribution in [1.82, 2.24) is 20.0 Å². The summed E-state index contributed by atoms with van der Waals surface area (Å²) in [5.74, 6) is -0.00297. The normalized spacial score (nSPS) is 14.4. The molecule has 0 spiro atoms. The van der Waals surface area contributed by atoms with Crippen LogP contribution in [0, 0.1) is 6.92 Å². The van der Waals surface area contributed by atoms with Crippen molar-refractivity contribution >= 4 is 16.8 Å². The van der Waals surface area contributed by atoms with Crippen LogP contribution in [0.1, 0.15) is 37.7 Å². The topological polar surface area (TPSA) is 50.2 Å². The van der Waals surface area contributed by atoms with Crippen LogP contribution in [0.4, 0.5) is 0 Å². The van der Waals surface area contributed by atoms with Gasteiger partial charge < -0.3 is 10.2 Å². The monoisotopic (exact) mass is 480 g/mol. The van der Waals surface area contributed by atoms with Crippen LogP contribution in [0.2, 0.25) is 0 Å². The minimum atomic E-state index is -0.00297. The lowest BCUT2D eigenvalue weighted by Gasteiger charge is -2.31. The van der Waals surface area contributed by atoms with Crippen molar-refractivity contribution in [1.29, 1.82) is 0 Å². The molecule has 1 saturated carbocycles. The summed E-state index contributed by atoms with van der Waals surface area (Å²) in [7, 11) is 2.18. The maximum absolute atomic E-state index is 13.0. The highest BCUT2D eigenvalue weighted by atomic mass is 16.2. The van der Waals surface area contributed by atoms with E-state index >= 15 is 0 Å². The molecule has 0 unspecified atom stereocenters. The Bertz CT molecular complexity index is 1300. The molecule has 1 N–H and O–H groups in total. The second-order valence-electron chi connectivity index (χ2n) is 10.1. The summed E-state index contributed by atoms with van der Waals surface area (Å²) in [6, 6.07) is 25.8. The van der Waals surface area contributed by atoms with Crippen LogP contribution in [-0.2, 0) is 11.3 Å². The Kier molecular flexibility index (Phi) is 7.47. The second kappa shape index (κ2) is 11.1. The van der Waals surface area contributed by atoms with Gasteiger partial charge in [-0.2, -0.15) is 5.10 Å². The molecule has 5 nitrogen and oxygen atoms in total. The zero-order valence-electron chi connectivity index (χ0n) is 21.4. The van der Waals surface area contributed by atoms with E-state index in [9.17, 15) is 4.79 Å². The van der Waals surface area contributed by atoms with Crippen LogP contribution < -0.4 is 5.32 Å². The molecule has 1 aromatic heterocycles. The third-order valence-electron chi connectivity index (χ3n) is 7.46. The zero-order chi connectivity index (χ0) is 24.9. The zero-order valence-corrected chi connectivity index (χ0v) is 21.4. The quantitative estimate of drug-likeness (QED) is 0.334. The van der Waals surface area contributed by atoms with Crippen molar-refractivity contribution in [3.63, 3.8) is 0 Å². The van der Waals surface area contributed by atoms with E-state index in [-0.39, 0.29) is 12.5 Å². The van der Waals surface area contributed by atoms with E-state index < -0.39 is 0 Å². The lowest BCUT2D eigenvalue weighted by atomic mass is 9.94. The molecular formula is C31H36N4O. The fraction of sp³-hybridized carbons (Fsp3) is 0.355. The molecule has 1 aliphatic rings. The van der Waals surface area contributed by atoms with Crippen LogP contribution in [0.15, 0.2) is 72.8 Å². The van der Waals surface area contributed by atoms with Crippen LogP contribution >= 0.6 is 0 Å². The average molecular weight is 481 g/mol. The van der Waals surface area contributed by atoms with Crippen molar-refractivity contribution in [3.8, 4) is 22.4 Å². The number of aryl methyl sites for hydroxylation is 1. The summed E-state index contributed by atoms with van der Waals surface area (Å²) in [6.45, 7) is 3.84. The number of hydrogen-bond acceptors (Lipinski definition) is 3. The van der Waals surface area contributed by atoms with E-state index in [1.54, 1.807) is 0 Å². The second-order valence-corrected chi connectivity index (χ2v) is 10.1. The van der Waals surface area contributed by atoms with E-state index in [0.29, 0.717) is 12.6 Å². The van der Waals surface area contributed by atoms with Crippen LogP contribution in [0.25, 0.3) is 33.3 Å². The molecule has 0 saturated heterocycles. The number of aromatic nitrogens is 2. The molecule has 5 heteroatoms. The van der Waals surface area contributed by atoms with Gasteiger partial charge >= 0.3 is 0 Å². The predicted octanol–water partition coefficient (Wildman–Crippen LogP) is 6.06. The van der Waals surface area contributed by atoms with E-state index in [1.165, 1.54) is 37.7 Å². The summed E-state index contributed by atoms with van der Waals surface area (Å²) in [6.07, 6.45) is 6.55. The number of carbonyl (C=O) groups excluding carboxylic acids is 1. The van der Waals surface area contributed by atoms with Gasteiger partial charge in [0.2, 0.25) is 5.91 Å². The first-order valence-electron chi connectivity index (χ1n) is 13.2. The van der Waals surface area contributed by atoms with Gasteiger partial charge in [-0.1, -0.05) is 85.5 Å². The van der Waals surface area contributed by atoms with Gasteiger partial charge in [-0.25, -0.2) is 0 Å². The van der Waals surface area contributed by atoms with Gasteiger partial charge in [-0.15, -0.1) is 0 Å². The standard InChI is InChI=1S/C31H36N4O/c1-23-13-15-24(16-14-23)26-17-18-28-29(21-26)35(33-31(28)25-9-5-3-6-10-25)22-30(36)32-19-20-34(2)27-11-7-4-8-12-27/h3,5-6,9-10,13-18,21,27H,4,7-8,11-12,19-20,22H2,1-2H3,(H,32,36). The Hall–Kier alpha value is -3.44. The Labute approximate surface area is 214 Å². The first-order valence-corrected chi connectivity index (χ1v) is 13.2. The molecule has 1 heterocycles. The first kappa shape index (κ1) is 24.3. The Morgan fingerprint density at radius 3 is 2.42 bits per heavy atom. The predicted molar refractivity (Wildman–Crippen MR) is 148 cm³/mol. The SMILES string of the molecule is Cc1ccc(-c2ccc3c(-c4ccccc4)nn(CC(=O)NCCN(C)C4CCCCC4)c3c2)cc1. The highest BCUT2D eigenvalue weighted by Gasteiger charge is 2.18. The van der Waals surface area contributed by atoms with Gasteiger partial charge in [0.25, 0.3) is 0 Å². The fourth-order valence-corrected chi connectivity index (χ4v) is 5.30. The average Bonchev–Trinajstić information content (AvgIpc) is 3.27. The minimum Gasteiger partial charge on any atom is -0.353 e. The summed E-state index contributed by atoms with van der Waals surface area (Å²) in [4.78, 5) is 15.4. The van der Waals surface area contributed by atoms with Crippen LogP contribution in [-0.4, -0.2) is 46.8 Å². The van der Waals surface area contributed by atoms with Crippen molar-refractivity contribution in [2.75, 3.05) is 20.1 Å². The van der Waals surface area contributed by atoms with Crippen molar-refractivity contribution in [2.45, 2.75) is 51.6 Å². The molecule has 0 aliphatic heterocycles. The van der Waals surface area contributed by atoms with Crippen LogP contribution in [0.5, 0.6) is 0 Å². The molecule has 3 aromatic carbocycles. The molecule has 1 fully saturated rings. The van der Waals surface area contributed by atoms with Gasteiger partial charge in [0.05, 0.1) is 5.52 Å². The third-order valence-corrected chi connectivity index (χ3v) is 7.46. The summed E-state index contributed by atoms with van der Waals surface area (Å²) in [5.41, 5.74) is 6.46. The lowest BCUT2D eigenvalue weighted by Crippen LogP contribution is -2.40. The number of nitrogens with zero attached hydrogens (tertiary/aromatic N) is 3. The highest BCUT2D eigenvalue weighted by Crippen LogP contribution is 2.31. The van der Waals surface area contributed by atoms with E-state index in [0.717, 1.165) is 39.8 Å². The molecule has 4 aromatic rings. The first-order chi connectivity index (χ1) is 17.6. The van der Waals surface area contributed by atoms with E-state index in [1.807, 2.05) is 22.9 Å². The summed E-state index contributed by atoms with van der Waals surface area (Å²) in [5, 5.41) is 9.09. The Morgan fingerprint density at radius 1 is 0.944 bits per heavy atom. The fourth-order valence-electron chi connectivity index (χ4n) is 5.30. The molecule has 186 valence electrons. The number of fused-ring (bicyclic) bond motifs is 1. The molecule has 0 radical (unpaired) electrons. The summed E-state index contributed by atoms with van der Waals surface area (Å²) >= 11 is 0. The van der Waals surface area contributed by atoms with Crippen molar-refractivity contribution in [3.05, 3.63) is 78.4 Å². The van der Waals surface area contributed by atoms with Crippen molar-refractivity contribution in [2.24, 2.45) is 0 Å². The molecule has 1 amide bonds. The summed E-state index contributed by atoms with van der Waals surface area (Å²) < 4.78 is 1.86. The molecular weight excluding hydrogens is 444 g/mol. The molecule has 36 heavy (non-hydrogen) atoms. The van der Waals surface area contributed by atoms with Gasteiger partial charge in [-0.05, 0) is 50.1 Å². The van der Waals surface area contributed by atoms with Gasteiger partial charge in [-0.3, -0.25) is 9.48 Å². The lowest BCUT2D eigenvalue weighted by molar-refractivity contribution is -0.121. The van der Waals surface area contributed by atoms with E-state index in [4.69, 9.17) is 5.10 Å². The highest BCUT2D eigenvalue weighted by molar-refractivity contribution is 5.96. The van der Waals surface area contributed by atoms with Gasteiger partial charge in [0, 0.05) is 30.1 Å². The number of rotatable bonds is 8. The van der Waals surface area contributed by atoms with Crippen molar-refractivity contribution < 1.29 is 4.79 Å². The maximum atomic E-state index is 13.0. The van der Waals surface area contributed by atoms with Gasteiger partial charge in [0.15, 0.2) is 0 Å². The number of likely N-dealkylation sites (N-methyl/N-ethyl adjacent to an activating group) is 1. The molecule has 0 bridgehead atoms. The molecule has 1 aliphatic carbocycles. The van der Waals surface area contributed by atoms with E-state index in [2.05, 4.69) is 78.8 Å². The number of benzene rings is 3. The third kappa shape index (κ3) is 5.52. The maximum Gasteiger partial charge on any atom is 0.241 e. The minimum absolute atomic E-state index is 0.00297. The number of amides is 1. The number of nitrogens with one attached hydrogen (secondary N) is 1. The smallest absolute Gasteiger partial charge is 0.241 e.